The second kappa shape index (κ2) is 10.2. The van der Waals surface area contributed by atoms with Gasteiger partial charge in [-0.15, -0.1) is 0 Å². The minimum atomic E-state index is -5.71. The monoisotopic (exact) mass is 528 g/mol. The lowest BCUT2D eigenvalue weighted by atomic mass is 10.3. The van der Waals surface area contributed by atoms with Crippen molar-refractivity contribution >= 4 is 44.8 Å². The van der Waals surface area contributed by atoms with E-state index in [1.54, 1.807) is 6.07 Å². The highest BCUT2D eigenvalue weighted by atomic mass is 35.5. The first kappa shape index (κ1) is 25.8. The van der Waals surface area contributed by atoms with Crippen LogP contribution in [-0.4, -0.2) is 37.9 Å². The number of aromatic nitrogens is 1. The Hall–Kier alpha value is -3.84. The van der Waals surface area contributed by atoms with Crippen LogP contribution in [0.1, 0.15) is 10.5 Å². The molecule has 184 valence electrons. The van der Waals surface area contributed by atoms with Crippen LogP contribution in [0.15, 0.2) is 65.7 Å². The van der Waals surface area contributed by atoms with Crippen molar-refractivity contribution in [2.24, 2.45) is 0 Å². The van der Waals surface area contributed by atoms with Gasteiger partial charge in [0.2, 0.25) is 0 Å². The third-order valence-corrected chi connectivity index (χ3v) is 6.29. The van der Waals surface area contributed by atoms with E-state index < -0.39 is 31.3 Å². The summed E-state index contributed by atoms with van der Waals surface area (Å²) in [6, 6.07) is 10.8. The Kier molecular flexibility index (Phi) is 7.51. The molecule has 0 saturated carbocycles. The molecule has 0 aliphatic carbocycles. The number of anilines is 2. The van der Waals surface area contributed by atoms with Crippen LogP contribution < -0.4 is 20.7 Å². The van der Waals surface area contributed by atoms with Gasteiger partial charge in [-0.2, -0.15) is 13.2 Å². The topological polar surface area (TPSA) is 126 Å². The quantitative estimate of drug-likeness (QED) is 0.421. The number of pyridine rings is 1. The van der Waals surface area contributed by atoms with Gasteiger partial charge in [-0.05, 0) is 48.5 Å². The first-order valence-corrected chi connectivity index (χ1v) is 11.4. The van der Waals surface area contributed by atoms with Gasteiger partial charge in [0, 0.05) is 30.7 Å². The van der Waals surface area contributed by atoms with E-state index in [4.69, 9.17) is 16.3 Å². The van der Waals surface area contributed by atoms with Crippen molar-refractivity contribution in [3.63, 3.8) is 0 Å². The third-order valence-electron chi connectivity index (χ3n) is 4.32. The van der Waals surface area contributed by atoms with Crippen LogP contribution in [0.25, 0.3) is 0 Å². The molecule has 3 amide bonds. The van der Waals surface area contributed by atoms with Crippen molar-refractivity contribution in [1.29, 1.82) is 0 Å². The van der Waals surface area contributed by atoms with Gasteiger partial charge < -0.3 is 20.7 Å². The van der Waals surface area contributed by atoms with Gasteiger partial charge in [0.05, 0.1) is 9.92 Å². The molecule has 3 N–H and O–H groups in total. The number of alkyl halides is 3. The van der Waals surface area contributed by atoms with E-state index in [1.165, 1.54) is 43.6 Å². The number of sulfone groups is 1. The predicted molar refractivity (Wildman–Crippen MR) is 121 cm³/mol. The van der Waals surface area contributed by atoms with Gasteiger partial charge in [0.1, 0.15) is 17.2 Å². The molecular weight excluding hydrogens is 513 g/mol. The maximum atomic E-state index is 12.8. The summed E-state index contributed by atoms with van der Waals surface area (Å²) in [7, 11) is -4.24. The zero-order chi connectivity index (χ0) is 25.8. The molecule has 3 rings (SSSR count). The number of ether oxygens (including phenoxy) is 1. The summed E-state index contributed by atoms with van der Waals surface area (Å²) in [5.74, 6) is 0.346. The first-order chi connectivity index (χ1) is 16.4. The van der Waals surface area contributed by atoms with E-state index in [0.717, 1.165) is 12.1 Å². The Bertz CT molecular complexity index is 1370. The zero-order valence-electron chi connectivity index (χ0n) is 17.7. The second-order valence-electron chi connectivity index (χ2n) is 6.76. The summed E-state index contributed by atoms with van der Waals surface area (Å²) in [6.07, 6.45) is 1.41. The zero-order valence-corrected chi connectivity index (χ0v) is 19.3. The molecule has 3 aromatic rings. The number of nitrogens with one attached hydrogen (secondary N) is 3. The maximum Gasteiger partial charge on any atom is 0.501 e. The van der Waals surface area contributed by atoms with Crippen LogP contribution in [-0.2, 0) is 9.84 Å². The number of rotatable bonds is 6. The van der Waals surface area contributed by atoms with Gasteiger partial charge in [-0.1, -0.05) is 11.6 Å². The molecule has 0 aliphatic heterocycles. The number of benzene rings is 2. The molecule has 0 spiro atoms. The van der Waals surface area contributed by atoms with Gasteiger partial charge in [-0.25, -0.2) is 13.2 Å². The van der Waals surface area contributed by atoms with Crippen LogP contribution in [0.2, 0.25) is 5.02 Å². The number of carbonyl (C=O) groups is 2. The lowest BCUT2D eigenvalue weighted by molar-refractivity contribution is -0.0436. The maximum absolute atomic E-state index is 12.8. The SMILES string of the molecule is CNC(=O)c1cc(Oc2ccc(NC(=O)Nc3ccc(Cl)c(S(=O)(=O)C(F)(F)F)c3)cc2)ccn1. The number of hydrogen-bond acceptors (Lipinski definition) is 6. The van der Waals surface area contributed by atoms with Crippen molar-refractivity contribution in [3.05, 3.63) is 71.5 Å². The average Bonchev–Trinajstić information content (AvgIpc) is 2.80. The molecule has 1 heterocycles. The molecule has 35 heavy (non-hydrogen) atoms. The molecule has 0 radical (unpaired) electrons. The average molecular weight is 529 g/mol. The Morgan fingerprint density at radius 2 is 1.57 bits per heavy atom. The molecular formula is C21H16ClF3N4O5S. The van der Waals surface area contributed by atoms with Gasteiger partial charge in [-0.3, -0.25) is 9.78 Å². The van der Waals surface area contributed by atoms with Gasteiger partial charge in [0.15, 0.2) is 0 Å². The molecule has 9 nitrogen and oxygen atoms in total. The minimum absolute atomic E-state index is 0.161. The van der Waals surface area contributed by atoms with Crippen LogP contribution in [0.5, 0.6) is 11.5 Å². The standard InChI is InChI=1S/C21H16ClF3N4O5S/c1-26-19(30)17-11-15(8-9-27-17)34-14-5-2-12(3-6-14)28-20(31)29-13-4-7-16(22)18(10-13)35(32,33)21(23,24)25/h2-11H,1H3,(H,26,30)(H2,28,29,31). The lowest BCUT2D eigenvalue weighted by Gasteiger charge is -2.13. The van der Waals surface area contributed by atoms with E-state index in [0.29, 0.717) is 23.3 Å². The van der Waals surface area contributed by atoms with Crippen LogP contribution in [0, 0.1) is 0 Å². The summed E-state index contributed by atoms with van der Waals surface area (Å²) in [5, 5.41) is 6.49. The minimum Gasteiger partial charge on any atom is -0.457 e. The molecule has 0 saturated heterocycles. The Morgan fingerprint density at radius 3 is 2.20 bits per heavy atom. The number of amides is 3. The Labute approximate surface area is 202 Å². The number of nitrogens with zero attached hydrogens (tertiary/aromatic N) is 1. The smallest absolute Gasteiger partial charge is 0.457 e. The molecule has 1 aromatic heterocycles. The number of urea groups is 1. The first-order valence-electron chi connectivity index (χ1n) is 9.55. The second-order valence-corrected chi connectivity index (χ2v) is 9.07. The highest BCUT2D eigenvalue weighted by molar-refractivity contribution is 7.92. The van der Waals surface area contributed by atoms with Crippen LogP contribution in [0.3, 0.4) is 0 Å². The van der Waals surface area contributed by atoms with E-state index in [9.17, 15) is 31.2 Å². The molecule has 2 aromatic carbocycles. The summed E-state index contributed by atoms with van der Waals surface area (Å²) in [4.78, 5) is 26.6. The van der Waals surface area contributed by atoms with Crippen molar-refractivity contribution in [3.8, 4) is 11.5 Å². The summed E-state index contributed by atoms with van der Waals surface area (Å²) >= 11 is 5.61. The molecule has 0 fully saturated rings. The van der Waals surface area contributed by atoms with Crippen molar-refractivity contribution in [1.82, 2.24) is 10.3 Å². The summed E-state index contributed by atoms with van der Waals surface area (Å²) in [5.41, 5.74) is -5.32. The Morgan fingerprint density at radius 1 is 0.943 bits per heavy atom. The normalized spacial score (nSPS) is 11.5. The predicted octanol–water partition coefficient (Wildman–Crippen LogP) is 4.82. The molecule has 0 unspecified atom stereocenters. The fourth-order valence-corrected chi connectivity index (χ4v) is 3.95. The van der Waals surface area contributed by atoms with Crippen molar-refractivity contribution in [2.75, 3.05) is 17.7 Å². The van der Waals surface area contributed by atoms with Crippen molar-refractivity contribution < 1.29 is 35.9 Å². The molecule has 0 bridgehead atoms. The Balaban J connectivity index is 1.67. The summed E-state index contributed by atoms with van der Waals surface area (Å²) in [6.45, 7) is 0. The molecule has 14 heteroatoms. The largest absolute Gasteiger partial charge is 0.501 e. The van der Waals surface area contributed by atoms with E-state index >= 15 is 0 Å². The summed E-state index contributed by atoms with van der Waals surface area (Å²) < 4.78 is 67.5. The number of hydrogen-bond donors (Lipinski definition) is 3. The van der Waals surface area contributed by atoms with Crippen LogP contribution in [0.4, 0.5) is 29.3 Å². The van der Waals surface area contributed by atoms with E-state index in [-0.39, 0.29) is 17.3 Å². The van der Waals surface area contributed by atoms with Crippen LogP contribution >= 0.6 is 11.6 Å². The number of halogens is 4. The van der Waals surface area contributed by atoms with Gasteiger partial charge >= 0.3 is 11.5 Å². The lowest BCUT2D eigenvalue weighted by Crippen LogP contribution is -2.24. The molecule has 0 atom stereocenters. The van der Waals surface area contributed by atoms with Gasteiger partial charge in [0.25, 0.3) is 15.7 Å². The third kappa shape index (κ3) is 6.19. The fourth-order valence-electron chi connectivity index (χ4n) is 2.67. The van der Waals surface area contributed by atoms with Crippen molar-refractivity contribution in [2.45, 2.75) is 10.4 Å². The van der Waals surface area contributed by atoms with E-state index in [2.05, 4.69) is 20.9 Å². The highest BCUT2D eigenvalue weighted by Gasteiger charge is 2.48. The number of carbonyl (C=O) groups excluding carboxylic acids is 2. The molecule has 0 aliphatic rings. The highest BCUT2D eigenvalue weighted by Crippen LogP contribution is 2.35. The van der Waals surface area contributed by atoms with E-state index in [1.807, 2.05) is 0 Å². The fraction of sp³-hybridized carbons (Fsp3) is 0.0952.